The molecule has 2 heterocycles. The number of nitrogens with one attached hydrogen (secondary N) is 1. The second-order valence-corrected chi connectivity index (χ2v) is 10.9. The molecule has 1 amide bonds. The molecule has 1 saturated heterocycles. The normalized spacial score (nSPS) is 20.7. The van der Waals surface area contributed by atoms with Crippen LogP contribution in [0.2, 0.25) is 0 Å². The third kappa shape index (κ3) is 6.95. The van der Waals surface area contributed by atoms with Crippen LogP contribution in [0.15, 0.2) is 96.4 Å². The third-order valence-corrected chi connectivity index (χ3v) is 7.99. The molecule has 0 radical (unpaired) electrons. The van der Waals surface area contributed by atoms with Crippen molar-refractivity contribution < 1.29 is 19.4 Å². The number of aromatic nitrogens is 2. The fourth-order valence-corrected chi connectivity index (χ4v) is 5.71. The van der Waals surface area contributed by atoms with Gasteiger partial charge in [-0.05, 0) is 39.9 Å². The molecule has 0 aliphatic carbocycles. The number of hydrogen-bond donors (Lipinski definition) is 2. The minimum atomic E-state index is -0.541. The van der Waals surface area contributed by atoms with Crippen molar-refractivity contribution in [2.24, 2.45) is 5.92 Å². The van der Waals surface area contributed by atoms with Gasteiger partial charge < -0.3 is 19.9 Å². The van der Waals surface area contributed by atoms with Crippen molar-refractivity contribution >= 4 is 17.7 Å². The van der Waals surface area contributed by atoms with Gasteiger partial charge in [-0.15, -0.1) is 0 Å². The molecule has 4 aromatic rings. The van der Waals surface area contributed by atoms with Crippen LogP contribution in [-0.4, -0.2) is 32.8 Å². The van der Waals surface area contributed by atoms with Gasteiger partial charge in [0.25, 0.3) is 0 Å². The Morgan fingerprint density at radius 3 is 2.33 bits per heavy atom. The number of aliphatic hydroxyl groups excluding tert-OH is 1. The lowest BCUT2D eigenvalue weighted by Gasteiger charge is -2.41. The number of benzene rings is 3. The van der Waals surface area contributed by atoms with E-state index in [0.29, 0.717) is 12.3 Å². The average Bonchev–Trinajstić information content (AvgIpc) is 3.00. The maximum Gasteiger partial charge on any atom is 0.217 e. The molecule has 8 heteroatoms. The highest BCUT2D eigenvalue weighted by Gasteiger charge is 2.38. The summed E-state index contributed by atoms with van der Waals surface area (Å²) >= 11 is 1.58. The summed E-state index contributed by atoms with van der Waals surface area (Å²) in [5.74, 6) is 0.723. The number of ether oxygens (including phenoxy) is 2. The summed E-state index contributed by atoms with van der Waals surface area (Å²) in [6.07, 6.45) is 2.67. The number of thioether (sulfide) groups is 1. The van der Waals surface area contributed by atoms with E-state index in [1.165, 1.54) is 6.92 Å². The number of hydrogen-bond acceptors (Lipinski definition) is 7. The zero-order chi connectivity index (χ0) is 27.9. The lowest BCUT2D eigenvalue weighted by atomic mass is 9.91. The number of carbonyl (C=O) groups excluding carboxylic acids is 1. The number of carbonyl (C=O) groups is 1. The van der Waals surface area contributed by atoms with Gasteiger partial charge in [0.1, 0.15) is 0 Å². The number of aliphatic hydroxyl groups is 1. The van der Waals surface area contributed by atoms with Crippen molar-refractivity contribution in [1.82, 2.24) is 15.3 Å². The summed E-state index contributed by atoms with van der Waals surface area (Å²) < 4.78 is 13.1. The summed E-state index contributed by atoms with van der Waals surface area (Å²) in [5.41, 5.74) is 6.05. The Hall–Kier alpha value is -3.56. The molecule has 0 saturated carbocycles. The molecule has 1 aliphatic rings. The molecule has 3 aromatic carbocycles. The molecule has 0 unspecified atom stereocenters. The van der Waals surface area contributed by atoms with E-state index >= 15 is 0 Å². The Balaban J connectivity index is 1.36. The van der Waals surface area contributed by atoms with E-state index in [2.05, 4.69) is 46.5 Å². The molecule has 1 fully saturated rings. The van der Waals surface area contributed by atoms with E-state index in [9.17, 15) is 9.90 Å². The van der Waals surface area contributed by atoms with Crippen molar-refractivity contribution in [3.8, 4) is 11.1 Å². The summed E-state index contributed by atoms with van der Waals surface area (Å²) in [5, 5.41) is 13.1. The molecular weight excluding hydrogens is 522 g/mol. The monoisotopic (exact) mass is 555 g/mol. The van der Waals surface area contributed by atoms with Gasteiger partial charge in [0.2, 0.25) is 5.91 Å². The van der Waals surface area contributed by atoms with Crippen molar-refractivity contribution in [2.75, 3.05) is 5.75 Å². The maximum atomic E-state index is 11.3. The maximum absolute atomic E-state index is 11.3. The van der Waals surface area contributed by atoms with Gasteiger partial charge in [0.15, 0.2) is 11.4 Å². The molecule has 5 rings (SSSR count). The summed E-state index contributed by atoms with van der Waals surface area (Å²) in [6.45, 7) is 4.17. The predicted octanol–water partition coefficient (Wildman–Crippen LogP) is 5.86. The first-order valence-electron chi connectivity index (χ1n) is 13.3. The summed E-state index contributed by atoms with van der Waals surface area (Å²) in [4.78, 5) is 20.0. The van der Waals surface area contributed by atoms with Crippen molar-refractivity contribution in [2.45, 2.75) is 50.7 Å². The highest BCUT2D eigenvalue weighted by molar-refractivity contribution is 7.99. The molecule has 0 bridgehead atoms. The zero-order valence-corrected chi connectivity index (χ0v) is 23.4. The smallest absolute Gasteiger partial charge is 0.217 e. The van der Waals surface area contributed by atoms with Crippen molar-refractivity contribution in [3.05, 3.63) is 114 Å². The molecule has 0 spiro atoms. The number of rotatable bonds is 9. The second-order valence-electron chi connectivity index (χ2n) is 9.90. The Labute approximate surface area is 239 Å². The van der Waals surface area contributed by atoms with Gasteiger partial charge in [-0.1, -0.05) is 85.4 Å². The summed E-state index contributed by atoms with van der Waals surface area (Å²) in [7, 11) is 0. The van der Waals surface area contributed by atoms with Gasteiger partial charge in [-0.2, -0.15) is 0 Å². The second kappa shape index (κ2) is 13.2. The Morgan fingerprint density at radius 2 is 1.62 bits per heavy atom. The van der Waals surface area contributed by atoms with Crippen LogP contribution in [0, 0.1) is 5.92 Å². The van der Waals surface area contributed by atoms with Crippen LogP contribution in [0.1, 0.15) is 48.5 Å². The van der Waals surface area contributed by atoms with Crippen molar-refractivity contribution in [3.63, 3.8) is 0 Å². The molecule has 1 aliphatic heterocycles. The van der Waals surface area contributed by atoms with E-state index in [0.717, 1.165) is 38.5 Å². The Morgan fingerprint density at radius 1 is 0.900 bits per heavy atom. The molecule has 40 heavy (non-hydrogen) atoms. The van der Waals surface area contributed by atoms with Crippen LogP contribution in [0.3, 0.4) is 0 Å². The highest BCUT2D eigenvalue weighted by atomic mass is 32.2. The van der Waals surface area contributed by atoms with Gasteiger partial charge in [0.05, 0.1) is 18.8 Å². The standard InChI is InChI=1S/C32H33N3O4S/c1-21-29(20-40-32-33-15-4-16-34-32)38-31(39-30(21)26-9-7-23(19-36)8-10-26)27-13-11-25(12-14-27)28-6-3-5-24(17-28)18-35-22(2)37/h3-17,21,29-31,36H,18-20H2,1-2H3,(H,35,37)/t21-,29+,30+,31+/m0/s1. The van der Waals surface area contributed by atoms with E-state index < -0.39 is 6.29 Å². The molecule has 206 valence electrons. The fraction of sp³-hybridized carbons (Fsp3) is 0.281. The first-order chi connectivity index (χ1) is 19.5. The lowest BCUT2D eigenvalue weighted by Crippen LogP contribution is -2.38. The minimum absolute atomic E-state index is 0.00588. The molecule has 2 N–H and O–H groups in total. The SMILES string of the molecule is CC(=O)NCc1cccc(-c2ccc([C@@H]3O[C@H](CSc4ncccn4)[C@H](C)[C@H](c4ccc(CO)cc4)O3)cc2)c1. The predicted molar refractivity (Wildman–Crippen MR) is 155 cm³/mol. The molecular formula is C32H33N3O4S. The lowest BCUT2D eigenvalue weighted by molar-refractivity contribution is -0.268. The van der Waals surface area contributed by atoms with Gasteiger partial charge in [-0.3, -0.25) is 4.79 Å². The van der Waals surface area contributed by atoms with E-state index in [1.807, 2.05) is 54.6 Å². The first-order valence-corrected chi connectivity index (χ1v) is 14.3. The Kier molecular flexibility index (Phi) is 9.23. The van der Waals surface area contributed by atoms with Crippen LogP contribution in [0.5, 0.6) is 0 Å². The van der Waals surface area contributed by atoms with E-state index in [1.54, 1.807) is 24.2 Å². The highest BCUT2D eigenvalue weighted by Crippen LogP contribution is 2.43. The molecule has 1 aromatic heterocycles. The zero-order valence-electron chi connectivity index (χ0n) is 22.6. The van der Waals surface area contributed by atoms with Gasteiger partial charge in [-0.25, -0.2) is 9.97 Å². The van der Waals surface area contributed by atoms with Gasteiger partial charge >= 0.3 is 0 Å². The van der Waals surface area contributed by atoms with E-state index in [-0.39, 0.29) is 30.6 Å². The largest absolute Gasteiger partial charge is 0.392 e. The number of amides is 1. The minimum Gasteiger partial charge on any atom is -0.392 e. The molecule has 4 atom stereocenters. The van der Waals surface area contributed by atoms with Crippen LogP contribution in [-0.2, 0) is 27.4 Å². The topological polar surface area (TPSA) is 93.6 Å². The average molecular weight is 556 g/mol. The van der Waals surface area contributed by atoms with Gasteiger partial charge in [0, 0.05) is 43.1 Å². The number of nitrogens with zero attached hydrogens (tertiary/aromatic N) is 2. The van der Waals surface area contributed by atoms with Crippen LogP contribution < -0.4 is 5.32 Å². The van der Waals surface area contributed by atoms with Crippen molar-refractivity contribution in [1.29, 1.82) is 0 Å². The van der Waals surface area contributed by atoms with Crippen LogP contribution >= 0.6 is 11.8 Å². The first kappa shape index (κ1) is 28.0. The summed E-state index contributed by atoms with van der Waals surface area (Å²) in [6, 6.07) is 26.1. The Bertz CT molecular complexity index is 1400. The van der Waals surface area contributed by atoms with Crippen LogP contribution in [0.4, 0.5) is 0 Å². The quantitative estimate of drug-likeness (QED) is 0.197. The fourth-order valence-electron chi connectivity index (χ4n) is 4.75. The third-order valence-electron chi connectivity index (χ3n) is 7.03. The van der Waals surface area contributed by atoms with E-state index in [4.69, 9.17) is 9.47 Å². The van der Waals surface area contributed by atoms with Crippen LogP contribution in [0.25, 0.3) is 11.1 Å². The molecule has 7 nitrogen and oxygen atoms in total.